The molecule has 14 heavy (non-hydrogen) atoms. The van der Waals surface area contributed by atoms with E-state index in [1.165, 1.54) is 11.3 Å². The van der Waals surface area contributed by atoms with E-state index in [0.29, 0.717) is 0 Å². The van der Waals surface area contributed by atoms with Gasteiger partial charge in [0.2, 0.25) is 6.41 Å². The minimum atomic E-state index is 0.848. The first-order valence-electron chi connectivity index (χ1n) is 4.85. The number of amides is 1. The molecule has 74 valence electrons. The van der Waals surface area contributed by atoms with Crippen molar-refractivity contribution in [2.24, 2.45) is 0 Å². The number of carbonyl (C=O) groups excluding carboxylic acids is 1. The van der Waals surface area contributed by atoms with Gasteiger partial charge in [0.25, 0.3) is 0 Å². The van der Waals surface area contributed by atoms with Crippen molar-refractivity contribution in [3.63, 3.8) is 0 Å². The lowest BCUT2D eigenvalue weighted by atomic mass is 10.2. The smallest absolute Gasteiger partial charge is 0.214 e. The second-order valence-corrected chi connectivity index (χ2v) is 4.46. The Morgan fingerprint density at radius 1 is 1.29 bits per heavy atom. The van der Waals surface area contributed by atoms with Crippen LogP contribution in [0.3, 0.4) is 0 Å². The number of nitrogens with zero attached hydrogens (tertiary/aromatic N) is 1. The molecule has 1 heterocycles. The number of para-hydroxylation sites is 1. The Labute approximate surface area is 88.3 Å². The fourth-order valence-electron chi connectivity index (χ4n) is 1.61. The van der Waals surface area contributed by atoms with Crippen LogP contribution in [-0.2, 0) is 4.79 Å². The molecule has 0 aliphatic carbocycles. The lowest BCUT2D eigenvalue weighted by Gasteiger charge is -2.22. The van der Waals surface area contributed by atoms with E-state index < -0.39 is 0 Å². The molecule has 0 N–H and O–H groups in total. The second-order valence-electron chi connectivity index (χ2n) is 3.32. The van der Waals surface area contributed by atoms with Gasteiger partial charge in [0.1, 0.15) is 0 Å². The van der Waals surface area contributed by atoms with E-state index in [1.807, 2.05) is 34.9 Å². The van der Waals surface area contributed by atoms with Gasteiger partial charge in [-0.05, 0) is 30.7 Å². The summed E-state index contributed by atoms with van der Waals surface area (Å²) in [5, 5.41) is 0. The molecule has 0 unspecified atom stereocenters. The number of anilines is 1. The van der Waals surface area contributed by atoms with Gasteiger partial charge in [0.05, 0.1) is 5.69 Å². The second kappa shape index (κ2) is 4.51. The lowest BCUT2D eigenvalue weighted by Crippen LogP contribution is -2.24. The van der Waals surface area contributed by atoms with Crippen LogP contribution in [0.15, 0.2) is 29.2 Å². The van der Waals surface area contributed by atoms with E-state index in [0.717, 1.165) is 30.8 Å². The van der Waals surface area contributed by atoms with Gasteiger partial charge in [-0.15, -0.1) is 11.8 Å². The average Bonchev–Trinajstić information content (AvgIpc) is 2.20. The van der Waals surface area contributed by atoms with Crippen LogP contribution in [0.5, 0.6) is 0 Å². The van der Waals surface area contributed by atoms with E-state index in [1.54, 1.807) is 0 Å². The van der Waals surface area contributed by atoms with Gasteiger partial charge in [0, 0.05) is 11.4 Å². The molecular formula is C11H13NOS. The van der Waals surface area contributed by atoms with E-state index >= 15 is 0 Å². The molecule has 1 aliphatic rings. The van der Waals surface area contributed by atoms with Crippen molar-refractivity contribution >= 4 is 23.9 Å². The predicted octanol–water partition coefficient (Wildman–Crippen LogP) is 2.54. The van der Waals surface area contributed by atoms with E-state index in [2.05, 4.69) is 6.07 Å². The van der Waals surface area contributed by atoms with Crippen LogP contribution in [0.2, 0.25) is 0 Å². The zero-order valence-corrected chi connectivity index (χ0v) is 8.80. The summed E-state index contributed by atoms with van der Waals surface area (Å²) in [5.41, 5.74) is 1.06. The number of hydrogen-bond acceptors (Lipinski definition) is 2. The van der Waals surface area contributed by atoms with Crippen molar-refractivity contribution in [3.8, 4) is 0 Å². The van der Waals surface area contributed by atoms with Crippen molar-refractivity contribution in [3.05, 3.63) is 24.3 Å². The summed E-state index contributed by atoms with van der Waals surface area (Å²) < 4.78 is 0. The normalized spacial score (nSPS) is 16.7. The quantitative estimate of drug-likeness (QED) is 0.660. The van der Waals surface area contributed by atoms with Crippen LogP contribution in [0.25, 0.3) is 0 Å². The molecular weight excluding hydrogens is 194 g/mol. The number of thioether (sulfide) groups is 1. The van der Waals surface area contributed by atoms with Crippen LogP contribution >= 0.6 is 11.8 Å². The molecule has 1 aliphatic heterocycles. The van der Waals surface area contributed by atoms with Crippen molar-refractivity contribution in [1.29, 1.82) is 0 Å². The Bertz CT molecular complexity index is 327. The highest BCUT2D eigenvalue weighted by atomic mass is 32.2. The Hall–Kier alpha value is -0.960. The first-order valence-corrected chi connectivity index (χ1v) is 5.84. The molecule has 0 aromatic heterocycles. The fourth-order valence-corrected chi connectivity index (χ4v) is 2.69. The summed E-state index contributed by atoms with van der Waals surface area (Å²) in [6.07, 6.45) is 3.22. The number of carbonyl (C=O) groups is 1. The van der Waals surface area contributed by atoms with Gasteiger partial charge in [0.15, 0.2) is 0 Å². The summed E-state index contributed by atoms with van der Waals surface area (Å²) in [5.74, 6) is 1.16. The zero-order valence-electron chi connectivity index (χ0n) is 7.98. The Morgan fingerprint density at radius 2 is 2.14 bits per heavy atom. The largest absolute Gasteiger partial charge is 0.314 e. The van der Waals surface area contributed by atoms with Crippen LogP contribution in [0.1, 0.15) is 12.8 Å². The van der Waals surface area contributed by atoms with Crippen LogP contribution in [-0.4, -0.2) is 18.7 Å². The summed E-state index contributed by atoms with van der Waals surface area (Å²) in [7, 11) is 0. The highest BCUT2D eigenvalue weighted by Crippen LogP contribution is 2.31. The topological polar surface area (TPSA) is 20.3 Å². The Balaban J connectivity index is 2.35. The first-order chi connectivity index (χ1) is 6.92. The van der Waals surface area contributed by atoms with Crippen LogP contribution in [0, 0.1) is 0 Å². The maximum Gasteiger partial charge on any atom is 0.214 e. The number of benzene rings is 1. The van der Waals surface area contributed by atoms with Gasteiger partial charge >= 0.3 is 0 Å². The maximum atomic E-state index is 10.9. The monoisotopic (exact) mass is 207 g/mol. The van der Waals surface area contributed by atoms with E-state index in [9.17, 15) is 4.79 Å². The summed E-state index contributed by atoms with van der Waals surface area (Å²) in [6, 6.07) is 8.11. The van der Waals surface area contributed by atoms with E-state index in [-0.39, 0.29) is 0 Å². The molecule has 0 saturated heterocycles. The summed E-state index contributed by atoms with van der Waals surface area (Å²) in [4.78, 5) is 13.9. The minimum Gasteiger partial charge on any atom is -0.314 e. The van der Waals surface area contributed by atoms with Crippen molar-refractivity contribution < 1.29 is 4.79 Å². The molecule has 3 heteroatoms. The highest BCUT2D eigenvalue weighted by molar-refractivity contribution is 7.99. The van der Waals surface area contributed by atoms with Crippen molar-refractivity contribution in [1.82, 2.24) is 0 Å². The molecule has 2 nitrogen and oxygen atoms in total. The molecule has 0 fully saturated rings. The molecule has 1 amide bonds. The molecule has 0 spiro atoms. The standard InChI is InChI=1S/C11H13NOS/c13-9-12-7-3-4-8-14-11-6-2-1-5-10(11)12/h1-2,5-6,9H,3-4,7-8H2. The molecule has 0 bridgehead atoms. The molecule has 1 aromatic rings. The van der Waals surface area contributed by atoms with Gasteiger partial charge < -0.3 is 4.90 Å². The third-order valence-corrected chi connectivity index (χ3v) is 3.50. The summed E-state index contributed by atoms with van der Waals surface area (Å²) >= 11 is 1.84. The molecule has 0 radical (unpaired) electrons. The van der Waals surface area contributed by atoms with E-state index in [4.69, 9.17) is 0 Å². The third-order valence-electron chi connectivity index (χ3n) is 2.35. The van der Waals surface area contributed by atoms with Gasteiger partial charge in [-0.1, -0.05) is 12.1 Å². The first kappa shape index (κ1) is 9.59. The van der Waals surface area contributed by atoms with Gasteiger partial charge in [-0.2, -0.15) is 0 Å². The van der Waals surface area contributed by atoms with Crippen molar-refractivity contribution in [2.75, 3.05) is 17.2 Å². The highest BCUT2D eigenvalue weighted by Gasteiger charge is 2.12. The summed E-state index contributed by atoms with van der Waals surface area (Å²) in [6.45, 7) is 0.848. The van der Waals surface area contributed by atoms with Gasteiger partial charge in [-0.25, -0.2) is 0 Å². The number of fused-ring (bicyclic) bond motifs is 1. The Morgan fingerprint density at radius 3 is 3.00 bits per heavy atom. The number of hydrogen-bond donors (Lipinski definition) is 0. The van der Waals surface area contributed by atoms with Gasteiger partial charge in [-0.3, -0.25) is 4.79 Å². The number of rotatable bonds is 1. The average molecular weight is 207 g/mol. The maximum absolute atomic E-state index is 10.9. The predicted molar refractivity (Wildman–Crippen MR) is 59.8 cm³/mol. The van der Waals surface area contributed by atoms with Crippen molar-refractivity contribution in [2.45, 2.75) is 17.7 Å². The minimum absolute atomic E-state index is 0.848. The molecule has 1 aromatic carbocycles. The molecule has 0 atom stereocenters. The Kier molecular flexibility index (Phi) is 3.09. The zero-order chi connectivity index (χ0) is 9.80. The lowest BCUT2D eigenvalue weighted by molar-refractivity contribution is -0.107. The van der Waals surface area contributed by atoms with Crippen LogP contribution in [0.4, 0.5) is 5.69 Å². The third kappa shape index (κ3) is 1.93. The van der Waals surface area contributed by atoms with Crippen LogP contribution < -0.4 is 4.90 Å². The fraction of sp³-hybridized carbons (Fsp3) is 0.364. The SMILES string of the molecule is O=CN1CCCCSc2ccccc21. The molecule has 0 saturated carbocycles. The molecule has 2 rings (SSSR count).